The first-order valence-corrected chi connectivity index (χ1v) is 11.6. The van der Waals surface area contributed by atoms with Gasteiger partial charge in [-0.25, -0.2) is 0 Å². The van der Waals surface area contributed by atoms with E-state index in [2.05, 4.69) is 130 Å². The van der Waals surface area contributed by atoms with Crippen molar-refractivity contribution in [1.82, 2.24) is 4.57 Å². The zero-order valence-electron chi connectivity index (χ0n) is 20.4. The fourth-order valence-corrected chi connectivity index (χ4v) is 5.52. The molecule has 0 aliphatic carbocycles. The highest BCUT2D eigenvalue weighted by atomic mass is 15.2. The van der Waals surface area contributed by atoms with Gasteiger partial charge in [-0.05, 0) is 88.1 Å². The monoisotopic (exact) mass is 431 g/mol. The van der Waals surface area contributed by atoms with Crippen molar-refractivity contribution in [1.29, 1.82) is 0 Å². The van der Waals surface area contributed by atoms with Crippen LogP contribution in [0, 0.1) is 41.5 Å². The highest BCUT2D eigenvalue weighted by Crippen LogP contribution is 2.33. The van der Waals surface area contributed by atoms with E-state index in [-0.39, 0.29) is 0 Å². The van der Waals surface area contributed by atoms with Crippen LogP contribution < -0.4 is 4.57 Å². The molecule has 33 heavy (non-hydrogen) atoms. The molecule has 0 bridgehead atoms. The number of rotatable bonds is 3. The third kappa shape index (κ3) is 3.47. The van der Waals surface area contributed by atoms with Crippen LogP contribution in [0.15, 0.2) is 78.9 Å². The first kappa shape index (κ1) is 21.2. The standard InChI is InChI=1S/C31H31N2/c1-20-16-22(3)29(23(4)17-20)32-27-14-10-11-15-28(27)33(31(32)26-12-8-7-9-13-26)30-24(5)18-21(2)19-25(30)6/h7-19H,1-6H3/q+1. The van der Waals surface area contributed by atoms with E-state index >= 15 is 0 Å². The molecular formula is C31H31N2+. The molecule has 0 atom stereocenters. The van der Waals surface area contributed by atoms with E-state index in [1.165, 1.54) is 67.2 Å². The number of imidazole rings is 1. The van der Waals surface area contributed by atoms with Crippen molar-refractivity contribution < 1.29 is 4.57 Å². The van der Waals surface area contributed by atoms with Crippen LogP contribution in [0.1, 0.15) is 33.4 Å². The third-order valence-electron chi connectivity index (χ3n) is 6.54. The SMILES string of the molecule is Cc1cc(C)c(-n2c(-c3ccccc3)[n+](-c3c(C)cc(C)cc3C)c3ccccc32)c(C)c1. The summed E-state index contributed by atoms with van der Waals surface area (Å²) in [5.41, 5.74) is 13.9. The van der Waals surface area contributed by atoms with Crippen LogP contribution in [-0.2, 0) is 0 Å². The van der Waals surface area contributed by atoms with E-state index in [9.17, 15) is 0 Å². The van der Waals surface area contributed by atoms with Crippen molar-refractivity contribution in [2.45, 2.75) is 41.5 Å². The maximum absolute atomic E-state index is 2.47. The van der Waals surface area contributed by atoms with Crippen molar-refractivity contribution in [3.05, 3.63) is 112 Å². The molecule has 2 heteroatoms. The zero-order valence-corrected chi connectivity index (χ0v) is 20.4. The average Bonchev–Trinajstić information content (AvgIpc) is 3.08. The number of nitrogens with zero attached hydrogens (tertiary/aromatic N) is 2. The number of aryl methyl sites for hydroxylation is 6. The second-order valence-corrected chi connectivity index (χ2v) is 9.34. The molecule has 1 heterocycles. The van der Waals surface area contributed by atoms with Gasteiger partial charge in [0.05, 0.1) is 5.56 Å². The number of aromatic nitrogens is 2. The summed E-state index contributed by atoms with van der Waals surface area (Å²) in [4.78, 5) is 0. The van der Waals surface area contributed by atoms with Crippen LogP contribution in [0.5, 0.6) is 0 Å². The van der Waals surface area contributed by atoms with Crippen LogP contribution in [0.3, 0.4) is 0 Å². The Morgan fingerprint density at radius 2 is 1.09 bits per heavy atom. The topological polar surface area (TPSA) is 8.81 Å². The van der Waals surface area contributed by atoms with E-state index in [0.717, 1.165) is 0 Å². The first-order valence-electron chi connectivity index (χ1n) is 11.6. The number of fused-ring (bicyclic) bond motifs is 1. The van der Waals surface area contributed by atoms with Crippen LogP contribution in [-0.4, -0.2) is 4.57 Å². The van der Waals surface area contributed by atoms with Crippen LogP contribution in [0.4, 0.5) is 0 Å². The minimum Gasteiger partial charge on any atom is -0.187 e. The lowest BCUT2D eigenvalue weighted by atomic mass is 10.0. The Bertz CT molecular complexity index is 1360. The number of hydrogen-bond donors (Lipinski definition) is 0. The molecule has 0 saturated carbocycles. The second kappa shape index (κ2) is 8.04. The molecule has 0 spiro atoms. The van der Waals surface area contributed by atoms with Gasteiger partial charge >= 0.3 is 0 Å². The van der Waals surface area contributed by atoms with Gasteiger partial charge in [-0.15, -0.1) is 0 Å². The van der Waals surface area contributed by atoms with Gasteiger partial charge in [0.25, 0.3) is 5.82 Å². The summed E-state index contributed by atoms with van der Waals surface area (Å²) in [6.45, 7) is 13.3. The molecule has 0 aliphatic heterocycles. The lowest BCUT2D eigenvalue weighted by Crippen LogP contribution is -2.35. The summed E-state index contributed by atoms with van der Waals surface area (Å²) in [6.07, 6.45) is 0. The molecule has 5 rings (SSSR count). The molecule has 1 aromatic heterocycles. The fraction of sp³-hybridized carbons (Fsp3) is 0.194. The average molecular weight is 432 g/mol. The minimum absolute atomic E-state index is 1.18. The molecule has 0 unspecified atom stereocenters. The Labute approximate surface area is 196 Å². The molecule has 4 aromatic carbocycles. The maximum atomic E-state index is 2.47. The van der Waals surface area contributed by atoms with Gasteiger partial charge in [0.2, 0.25) is 0 Å². The van der Waals surface area contributed by atoms with Gasteiger partial charge in [0.1, 0.15) is 11.4 Å². The summed E-state index contributed by atoms with van der Waals surface area (Å²) in [7, 11) is 0. The summed E-state index contributed by atoms with van der Waals surface area (Å²) >= 11 is 0. The highest BCUT2D eigenvalue weighted by Gasteiger charge is 2.32. The van der Waals surface area contributed by atoms with Crippen molar-refractivity contribution in [3.8, 4) is 22.8 Å². The molecule has 0 radical (unpaired) electrons. The van der Waals surface area contributed by atoms with Gasteiger partial charge in [0.15, 0.2) is 11.0 Å². The Morgan fingerprint density at radius 1 is 0.576 bits per heavy atom. The third-order valence-corrected chi connectivity index (χ3v) is 6.54. The normalized spacial score (nSPS) is 11.3. The highest BCUT2D eigenvalue weighted by molar-refractivity contribution is 5.81. The molecule has 2 nitrogen and oxygen atoms in total. The lowest BCUT2D eigenvalue weighted by molar-refractivity contribution is -0.556. The van der Waals surface area contributed by atoms with Crippen LogP contribution in [0.2, 0.25) is 0 Å². The number of para-hydroxylation sites is 2. The zero-order chi connectivity index (χ0) is 23.3. The number of benzene rings is 4. The van der Waals surface area contributed by atoms with Crippen molar-refractivity contribution in [3.63, 3.8) is 0 Å². The second-order valence-electron chi connectivity index (χ2n) is 9.34. The largest absolute Gasteiger partial charge is 0.300 e. The Hall–Kier alpha value is -3.65. The van der Waals surface area contributed by atoms with Crippen LogP contribution in [0.25, 0.3) is 33.8 Å². The van der Waals surface area contributed by atoms with Gasteiger partial charge in [-0.3, -0.25) is 0 Å². The Balaban J connectivity index is 2.03. The van der Waals surface area contributed by atoms with Gasteiger partial charge < -0.3 is 0 Å². The predicted molar refractivity (Wildman–Crippen MR) is 139 cm³/mol. The predicted octanol–water partition coefficient (Wildman–Crippen LogP) is 7.42. The summed E-state index contributed by atoms with van der Waals surface area (Å²) < 4.78 is 4.93. The van der Waals surface area contributed by atoms with E-state index < -0.39 is 0 Å². The van der Waals surface area contributed by atoms with E-state index in [1.54, 1.807) is 0 Å². The summed E-state index contributed by atoms with van der Waals surface area (Å²) in [6, 6.07) is 28.7. The molecule has 0 aliphatic rings. The van der Waals surface area contributed by atoms with Crippen molar-refractivity contribution >= 4 is 11.0 Å². The smallest absolute Gasteiger partial charge is 0.187 e. The maximum Gasteiger partial charge on any atom is 0.300 e. The molecule has 5 aromatic rings. The van der Waals surface area contributed by atoms with Crippen LogP contribution >= 0.6 is 0 Å². The van der Waals surface area contributed by atoms with Crippen molar-refractivity contribution in [2.75, 3.05) is 0 Å². The van der Waals surface area contributed by atoms with E-state index in [0.29, 0.717) is 0 Å². The Kier molecular flexibility index (Phi) is 5.17. The van der Waals surface area contributed by atoms with Gasteiger partial charge in [-0.2, -0.15) is 9.13 Å². The minimum atomic E-state index is 1.18. The van der Waals surface area contributed by atoms with Crippen molar-refractivity contribution in [2.24, 2.45) is 0 Å². The molecule has 0 N–H and O–H groups in total. The fourth-order valence-electron chi connectivity index (χ4n) is 5.52. The number of hydrogen-bond acceptors (Lipinski definition) is 0. The Morgan fingerprint density at radius 3 is 1.70 bits per heavy atom. The molecule has 0 fully saturated rings. The van der Waals surface area contributed by atoms with E-state index in [1.807, 2.05) is 0 Å². The molecular weight excluding hydrogens is 400 g/mol. The van der Waals surface area contributed by atoms with Gasteiger partial charge in [0, 0.05) is 0 Å². The summed E-state index contributed by atoms with van der Waals surface area (Å²) in [5, 5.41) is 0. The van der Waals surface area contributed by atoms with E-state index in [4.69, 9.17) is 0 Å². The quantitative estimate of drug-likeness (QED) is 0.263. The molecule has 164 valence electrons. The first-order chi connectivity index (χ1) is 15.9. The lowest BCUT2D eigenvalue weighted by Gasteiger charge is -2.13. The van der Waals surface area contributed by atoms with Gasteiger partial charge in [-0.1, -0.05) is 65.7 Å². The molecule has 0 saturated heterocycles. The summed E-state index contributed by atoms with van der Waals surface area (Å²) in [5.74, 6) is 1.18. The molecule has 0 amide bonds.